The van der Waals surface area contributed by atoms with Crippen molar-refractivity contribution in [3.63, 3.8) is 0 Å². The van der Waals surface area contributed by atoms with Crippen LogP contribution in [0, 0.1) is 29.6 Å². The fourth-order valence-electron chi connectivity index (χ4n) is 5.17. The molecule has 4 rings (SSSR count). The zero-order valence-electron chi connectivity index (χ0n) is 18.6. The second kappa shape index (κ2) is 8.63. The SMILES string of the molecule is Cc1ncccc1C(=O)N1CC(C(N)=O)C2(CCN(c3ccc(C#N)c(C(F)(F)F)c3)CC2)C1. The Bertz CT molecular complexity index is 1170. The van der Waals surface area contributed by atoms with Gasteiger partial charge in [-0.25, -0.2) is 0 Å². The maximum atomic E-state index is 13.4. The Morgan fingerprint density at radius 1 is 1.24 bits per heavy atom. The van der Waals surface area contributed by atoms with Crippen LogP contribution in [0.3, 0.4) is 0 Å². The molecular formula is C24H24F3N5O2. The summed E-state index contributed by atoms with van der Waals surface area (Å²) in [4.78, 5) is 33.1. The molecule has 1 spiro atoms. The lowest BCUT2D eigenvalue weighted by atomic mass is 9.70. The van der Waals surface area contributed by atoms with Crippen LogP contribution in [0.15, 0.2) is 36.5 Å². The van der Waals surface area contributed by atoms with E-state index >= 15 is 0 Å². The third-order valence-electron chi connectivity index (χ3n) is 7.07. The maximum absolute atomic E-state index is 13.4. The minimum atomic E-state index is -4.63. The number of anilines is 1. The third-order valence-corrected chi connectivity index (χ3v) is 7.07. The first-order chi connectivity index (χ1) is 16.1. The van der Waals surface area contributed by atoms with E-state index in [0.717, 1.165) is 6.07 Å². The number of piperidine rings is 1. The van der Waals surface area contributed by atoms with Crippen molar-refractivity contribution in [2.75, 3.05) is 31.1 Å². The zero-order chi connectivity index (χ0) is 24.7. The Labute approximate surface area is 195 Å². The summed E-state index contributed by atoms with van der Waals surface area (Å²) in [6.07, 6.45) is -2.03. The number of aryl methyl sites for hydroxylation is 1. The van der Waals surface area contributed by atoms with Gasteiger partial charge in [0.2, 0.25) is 5.91 Å². The number of hydrogen-bond donors (Lipinski definition) is 1. The first-order valence-corrected chi connectivity index (χ1v) is 10.9. The molecule has 2 aromatic rings. The number of amides is 2. The molecule has 2 aliphatic heterocycles. The van der Waals surface area contributed by atoms with Gasteiger partial charge in [0.1, 0.15) is 0 Å². The van der Waals surface area contributed by atoms with Gasteiger partial charge >= 0.3 is 6.18 Å². The molecule has 3 heterocycles. The van der Waals surface area contributed by atoms with E-state index in [2.05, 4.69) is 4.98 Å². The topological polar surface area (TPSA) is 103 Å². The van der Waals surface area contributed by atoms with Gasteiger partial charge in [-0.1, -0.05) is 0 Å². The highest BCUT2D eigenvalue weighted by Crippen LogP contribution is 2.46. The van der Waals surface area contributed by atoms with E-state index in [0.29, 0.717) is 49.4 Å². The van der Waals surface area contributed by atoms with Crippen LogP contribution in [-0.2, 0) is 11.0 Å². The fraction of sp³-hybridized carbons (Fsp3) is 0.417. The standard InChI is InChI=1S/C24H24F3N5O2/c1-15-18(3-2-8-30-15)22(34)32-13-20(21(29)33)23(14-32)6-9-31(10-7-23)17-5-4-16(12-28)19(11-17)24(25,26)27/h2-5,8,11,20H,6-7,9-10,13-14H2,1H3,(H2,29,33). The smallest absolute Gasteiger partial charge is 0.371 e. The maximum Gasteiger partial charge on any atom is 0.417 e. The van der Waals surface area contributed by atoms with Gasteiger partial charge in [0.25, 0.3) is 5.91 Å². The molecule has 0 aliphatic carbocycles. The lowest BCUT2D eigenvalue weighted by Crippen LogP contribution is -2.47. The molecule has 0 bridgehead atoms. The summed E-state index contributed by atoms with van der Waals surface area (Å²) >= 11 is 0. The summed E-state index contributed by atoms with van der Waals surface area (Å²) in [6, 6.07) is 8.66. The number of likely N-dealkylation sites (tertiary alicyclic amines) is 1. The molecule has 0 saturated carbocycles. The minimum Gasteiger partial charge on any atom is -0.371 e. The average molecular weight is 471 g/mol. The molecule has 178 valence electrons. The number of carbonyl (C=O) groups is 2. The number of rotatable bonds is 3. The van der Waals surface area contributed by atoms with Crippen molar-refractivity contribution >= 4 is 17.5 Å². The van der Waals surface area contributed by atoms with Crippen LogP contribution in [0.2, 0.25) is 0 Å². The van der Waals surface area contributed by atoms with Crippen molar-refractivity contribution in [1.82, 2.24) is 9.88 Å². The van der Waals surface area contributed by atoms with Crippen LogP contribution in [0.4, 0.5) is 18.9 Å². The van der Waals surface area contributed by atoms with Crippen molar-refractivity contribution in [2.45, 2.75) is 25.9 Å². The van der Waals surface area contributed by atoms with Crippen LogP contribution in [0.25, 0.3) is 0 Å². The Morgan fingerprint density at radius 3 is 2.53 bits per heavy atom. The van der Waals surface area contributed by atoms with Gasteiger partial charge in [-0.15, -0.1) is 0 Å². The number of nitrogens with zero attached hydrogens (tertiary/aromatic N) is 4. The second-order valence-corrected chi connectivity index (χ2v) is 8.97. The summed E-state index contributed by atoms with van der Waals surface area (Å²) in [5, 5.41) is 9.03. The fourth-order valence-corrected chi connectivity index (χ4v) is 5.17. The monoisotopic (exact) mass is 471 g/mol. The van der Waals surface area contributed by atoms with Gasteiger partial charge in [0.15, 0.2) is 0 Å². The van der Waals surface area contributed by atoms with E-state index in [4.69, 9.17) is 11.0 Å². The van der Waals surface area contributed by atoms with Crippen LogP contribution in [0.1, 0.15) is 40.0 Å². The number of hydrogen-bond acceptors (Lipinski definition) is 5. The lowest BCUT2D eigenvalue weighted by Gasteiger charge is -2.42. The van der Waals surface area contributed by atoms with Crippen LogP contribution >= 0.6 is 0 Å². The van der Waals surface area contributed by atoms with E-state index in [1.807, 2.05) is 4.90 Å². The van der Waals surface area contributed by atoms with E-state index in [-0.39, 0.29) is 12.5 Å². The first kappa shape index (κ1) is 23.5. The molecule has 1 atom stereocenters. The Balaban J connectivity index is 1.54. The molecule has 2 aliphatic rings. The number of benzene rings is 1. The van der Waals surface area contributed by atoms with Gasteiger partial charge in [-0.05, 0) is 50.1 Å². The molecular weight excluding hydrogens is 447 g/mol. The number of nitriles is 1. The molecule has 2 N–H and O–H groups in total. The summed E-state index contributed by atoms with van der Waals surface area (Å²) in [7, 11) is 0. The molecule has 34 heavy (non-hydrogen) atoms. The Morgan fingerprint density at radius 2 is 1.94 bits per heavy atom. The van der Waals surface area contributed by atoms with E-state index in [9.17, 15) is 22.8 Å². The predicted octanol–water partition coefficient (Wildman–Crippen LogP) is 3.12. The normalized spacial score (nSPS) is 19.8. The van der Waals surface area contributed by atoms with Crippen molar-refractivity contribution in [3.05, 3.63) is 58.9 Å². The third kappa shape index (κ3) is 4.18. The van der Waals surface area contributed by atoms with Gasteiger partial charge in [0, 0.05) is 49.2 Å². The van der Waals surface area contributed by atoms with Crippen LogP contribution in [-0.4, -0.2) is 47.9 Å². The van der Waals surface area contributed by atoms with Gasteiger partial charge in [0.05, 0.1) is 28.7 Å². The van der Waals surface area contributed by atoms with Gasteiger partial charge < -0.3 is 15.5 Å². The summed E-state index contributed by atoms with van der Waals surface area (Å²) in [5.41, 5.74) is 5.24. The first-order valence-electron chi connectivity index (χ1n) is 10.9. The lowest BCUT2D eigenvalue weighted by molar-refractivity contribution is -0.137. The summed E-state index contributed by atoms with van der Waals surface area (Å²) in [6.45, 7) is 3.11. The van der Waals surface area contributed by atoms with E-state index in [1.54, 1.807) is 36.2 Å². The highest BCUT2D eigenvalue weighted by atomic mass is 19.4. The minimum absolute atomic E-state index is 0.206. The molecule has 1 unspecified atom stereocenters. The molecule has 0 radical (unpaired) electrons. The Kier molecular flexibility index (Phi) is 5.98. The number of pyridine rings is 1. The molecule has 2 fully saturated rings. The summed E-state index contributed by atoms with van der Waals surface area (Å²) in [5.74, 6) is -1.23. The highest BCUT2D eigenvalue weighted by Gasteiger charge is 2.52. The van der Waals surface area contributed by atoms with Gasteiger partial charge in [-0.2, -0.15) is 18.4 Å². The molecule has 1 aromatic carbocycles. The molecule has 2 saturated heterocycles. The number of primary amides is 1. The quantitative estimate of drug-likeness (QED) is 0.741. The van der Waals surface area contributed by atoms with Gasteiger partial charge in [-0.3, -0.25) is 14.6 Å². The largest absolute Gasteiger partial charge is 0.417 e. The number of aromatic nitrogens is 1. The second-order valence-electron chi connectivity index (χ2n) is 8.97. The number of alkyl halides is 3. The number of carbonyl (C=O) groups excluding carboxylic acids is 2. The van der Waals surface area contributed by atoms with Crippen molar-refractivity contribution < 1.29 is 22.8 Å². The number of nitrogens with two attached hydrogens (primary N) is 1. The van der Waals surface area contributed by atoms with E-state index < -0.39 is 34.5 Å². The Hall–Kier alpha value is -3.61. The molecule has 1 aromatic heterocycles. The van der Waals surface area contributed by atoms with E-state index in [1.165, 1.54) is 12.1 Å². The highest BCUT2D eigenvalue weighted by molar-refractivity contribution is 5.96. The van der Waals surface area contributed by atoms with Crippen molar-refractivity contribution in [2.24, 2.45) is 17.1 Å². The predicted molar refractivity (Wildman–Crippen MR) is 118 cm³/mol. The van der Waals surface area contributed by atoms with Crippen molar-refractivity contribution in [1.29, 1.82) is 5.26 Å². The summed E-state index contributed by atoms with van der Waals surface area (Å²) < 4.78 is 40.2. The molecule has 2 amide bonds. The zero-order valence-corrected chi connectivity index (χ0v) is 18.6. The van der Waals surface area contributed by atoms with Crippen LogP contribution in [0.5, 0.6) is 0 Å². The van der Waals surface area contributed by atoms with Crippen molar-refractivity contribution in [3.8, 4) is 6.07 Å². The number of halogens is 3. The average Bonchev–Trinajstić information content (AvgIpc) is 3.17. The molecule has 7 nitrogen and oxygen atoms in total. The van der Waals surface area contributed by atoms with Crippen LogP contribution < -0.4 is 10.6 Å². The molecule has 10 heteroatoms.